The Bertz CT molecular complexity index is 1570. The fourth-order valence-corrected chi connectivity index (χ4v) is 5.27. The summed E-state index contributed by atoms with van der Waals surface area (Å²) in [7, 11) is 0. The Kier molecular flexibility index (Phi) is 5.37. The molecule has 0 bridgehead atoms. The van der Waals surface area contributed by atoms with Gasteiger partial charge in [0.15, 0.2) is 0 Å². The zero-order valence-corrected chi connectivity index (χ0v) is 19.8. The van der Waals surface area contributed by atoms with Crippen LogP contribution in [0.4, 0.5) is 20.6 Å². The molecule has 6 rings (SSSR count). The average Bonchev–Trinajstić information content (AvgIpc) is 3.68. The molecule has 9 nitrogen and oxygen atoms in total. The van der Waals surface area contributed by atoms with Gasteiger partial charge < -0.3 is 19.3 Å². The van der Waals surface area contributed by atoms with Crippen LogP contribution in [0.3, 0.4) is 0 Å². The summed E-state index contributed by atoms with van der Waals surface area (Å²) in [4.78, 5) is 39.9. The number of aromatic nitrogens is 1. The number of pyridine rings is 1. The van der Waals surface area contributed by atoms with Crippen molar-refractivity contribution in [1.29, 1.82) is 5.26 Å². The molecule has 37 heavy (non-hydrogen) atoms. The van der Waals surface area contributed by atoms with E-state index in [1.807, 2.05) is 29.2 Å². The zero-order chi connectivity index (χ0) is 25.8. The second-order valence-corrected chi connectivity index (χ2v) is 9.69. The molecule has 0 spiro atoms. The van der Waals surface area contributed by atoms with E-state index >= 15 is 4.39 Å². The smallest absolute Gasteiger partial charge is 0.415 e. The van der Waals surface area contributed by atoms with Gasteiger partial charge in [-0.3, -0.25) is 9.69 Å². The molecule has 1 aromatic heterocycles. The van der Waals surface area contributed by atoms with Gasteiger partial charge in [0.2, 0.25) is 11.5 Å². The van der Waals surface area contributed by atoms with Crippen molar-refractivity contribution in [3.8, 4) is 6.07 Å². The molecule has 1 aliphatic carbocycles. The standard InChI is InChI=1S/C27H23FN4O5/c28-22-10-20-23(31(17-3-4-17)14-21(25(20)33)26(34)35)11-24(22)30-7-5-15-1-2-18(9-16(15)6-8-30)32-13-19(12-29)37-27(32)36/h1-2,9-11,14,17,19H,3-8,13H2,(H,34,35). The van der Waals surface area contributed by atoms with E-state index in [-0.39, 0.29) is 23.5 Å². The van der Waals surface area contributed by atoms with Crippen molar-refractivity contribution >= 4 is 34.3 Å². The van der Waals surface area contributed by atoms with E-state index in [9.17, 15) is 19.5 Å². The number of carboxylic acids is 1. The van der Waals surface area contributed by atoms with Crippen LogP contribution < -0.4 is 15.2 Å². The number of nitriles is 1. The highest BCUT2D eigenvalue weighted by atomic mass is 19.1. The number of nitrogens with zero attached hydrogens (tertiary/aromatic N) is 4. The largest absolute Gasteiger partial charge is 0.477 e. The van der Waals surface area contributed by atoms with Crippen LogP contribution in [0.1, 0.15) is 40.4 Å². The summed E-state index contributed by atoms with van der Waals surface area (Å²) >= 11 is 0. The van der Waals surface area contributed by atoms with E-state index in [0.717, 1.165) is 24.0 Å². The Labute approximate surface area is 210 Å². The lowest BCUT2D eigenvalue weighted by molar-refractivity contribution is 0.0694. The number of carbonyl (C=O) groups is 2. The van der Waals surface area contributed by atoms with Crippen molar-refractivity contribution in [2.75, 3.05) is 29.4 Å². The van der Waals surface area contributed by atoms with Gasteiger partial charge in [-0.1, -0.05) is 6.07 Å². The maximum absolute atomic E-state index is 15.4. The topological polar surface area (TPSA) is 116 Å². The lowest BCUT2D eigenvalue weighted by atomic mass is 10.0. The van der Waals surface area contributed by atoms with Crippen LogP contribution >= 0.6 is 0 Å². The lowest BCUT2D eigenvalue weighted by Crippen LogP contribution is -2.27. The highest BCUT2D eigenvalue weighted by molar-refractivity contribution is 5.94. The Morgan fingerprint density at radius 3 is 2.54 bits per heavy atom. The predicted octanol–water partition coefficient (Wildman–Crippen LogP) is 3.63. The second kappa shape index (κ2) is 8.62. The Morgan fingerprint density at radius 2 is 1.86 bits per heavy atom. The highest BCUT2D eigenvalue weighted by Gasteiger charge is 2.33. The van der Waals surface area contributed by atoms with Crippen molar-refractivity contribution < 1.29 is 23.8 Å². The van der Waals surface area contributed by atoms with Gasteiger partial charge in [0.05, 0.1) is 17.7 Å². The summed E-state index contributed by atoms with van der Waals surface area (Å²) in [5.74, 6) is -1.88. The average molecular weight is 503 g/mol. The third-order valence-electron chi connectivity index (χ3n) is 7.37. The molecule has 2 fully saturated rings. The molecule has 1 saturated heterocycles. The molecule has 3 heterocycles. The minimum absolute atomic E-state index is 0.0731. The molecule has 1 amide bonds. The van der Waals surface area contributed by atoms with E-state index < -0.39 is 29.4 Å². The van der Waals surface area contributed by atoms with E-state index in [1.54, 1.807) is 10.6 Å². The maximum atomic E-state index is 15.4. The molecule has 1 saturated carbocycles. The minimum atomic E-state index is -1.32. The molecule has 1 unspecified atom stereocenters. The van der Waals surface area contributed by atoms with Gasteiger partial charge in [0, 0.05) is 36.4 Å². The van der Waals surface area contributed by atoms with Gasteiger partial charge in [0.25, 0.3) is 0 Å². The van der Waals surface area contributed by atoms with Crippen LogP contribution in [0, 0.1) is 17.1 Å². The summed E-state index contributed by atoms with van der Waals surface area (Å²) < 4.78 is 22.2. The van der Waals surface area contributed by atoms with Gasteiger partial charge in [-0.05, 0) is 61.1 Å². The number of ether oxygens (including phenoxy) is 1. The van der Waals surface area contributed by atoms with E-state index in [0.29, 0.717) is 42.8 Å². The molecular weight excluding hydrogens is 479 g/mol. The van der Waals surface area contributed by atoms with Crippen molar-refractivity contribution in [3.05, 3.63) is 69.3 Å². The predicted molar refractivity (Wildman–Crippen MR) is 133 cm³/mol. The third kappa shape index (κ3) is 3.96. The molecule has 2 aliphatic heterocycles. The normalized spacial score (nSPS) is 19.4. The number of rotatable bonds is 4. The van der Waals surface area contributed by atoms with Crippen LogP contribution in [-0.4, -0.2) is 47.5 Å². The van der Waals surface area contributed by atoms with Gasteiger partial charge in [-0.15, -0.1) is 0 Å². The lowest BCUT2D eigenvalue weighted by Gasteiger charge is -2.24. The van der Waals surface area contributed by atoms with Crippen molar-refractivity contribution in [2.45, 2.75) is 37.8 Å². The maximum Gasteiger partial charge on any atom is 0.415 e. The summed E-state index contributed by atoms with van der Waals surface area (Å²) in [5.41, 5.74) is 2.67. The number of carbonyl (C=O) groups excluding carboxylic acids is 1. The van der Waals surface area contributed by atoms with E-state index in [2.05, 4.69) is 0 Å². The molecule has 0 radical (unpaired) electrons. The summed E-state index contributed by atoms with van der Waals surface area (Å²) in [5, 5.41) is 18.6. The van der Waals surface area contributed by atoms with Gasteiger partial charge in [-0.2, -0.15) is 5.26 Å². The number of fused-ring (bicyclic) bond motifs is 2. The first-order chi connectivity index (χ1) is 17.8. The molecular formula is C27H23FN4O5. The minimum Gasteiger partial charge on any atom is -0.477 e. The zero-order valence-electron chi connectivity index (χ0n) is 19.8. The number of hydrogen-bond acceptors (Lipinski definition) is 6. The molecule has 1 atom stereocenters. The number of anilines is 2. The first-order valence-corrected chi connectivity index (χ1v) is 12.2. The van der Waals surface area contributed by atoms with Gasteiger partial charge in [-0.25, -0.2) is 14.0 Å². The molecule has 188 valence electrons. The Hall–Kier alpha value is -4.39. The first-order valence-electron chi connectivity index (χ1n) is 12.2. The number of hydrogen-bond donors (Lipinski definition) is 1. The Morgan fingerprint density at radius 1 is 1.11 bits per heavy atom. The fraction of sp³-hybridized carbons (Fsp3) is 0.333. The Balaban J connectivity index is 1.32. The van der Waals surface area contributed by atoms with E-state index in [4.69, 9.17) is 10.00 Å². The third-order valence-corrected chi connectivity index (χ3v) is 7.37. The molecule has 3 aliphatic rings. The quantitative estimate of drug-likeness (QED) is 0.579. The number of halogens is 1. The van der Waals surface area contributed by atoms with Crippen LogP contribution in [0.15, 0.2) is 41.3 Å². The molecule has 1 N–H and O–H groups in total. The van der Waals surface area contributed by atoms with Gasteiger partial charge in [0.1, 0.15) is 17.4 Å². The SMILES string of the molecule is N#CC1CN(c2ccc3c(c2)CCN(c2cc4c(cc2F)c(=O)c(C(=O)O)cn4C2CC2)CC3)C(=O)O1. The molecule has 10 heteroatoms. The number of carboxylic acid groups (broad SMARTS) is 1. The summed E-state index contributed by atoms with van der Waals surface area (Å²) in [6.07, 6.45) is 3.07. The van der Waals surface area contributed by atoms with Crippen molar-refractivity contribution in [3.63, 3.8) is 0 Å². The van der Waals surface area contributed by atoms with Crippen LogP contribution in [0.2, 0.25) is 0 Å². The number of benzene rings is 2. The van der Waals surface area contributed by atoms with Crippen LogP contribution in [0.25, 0.3) is 10.9 Å². The number of aromatic carboxylic acids is 1. The van der Waals surface area contributed by atoms with Crippen molar-refractivity contribution in [1.82, 2.24) is 4.57 Å². The second-order valence-electron chi connectivity index (χ2n) is 9.69. The molecule has 2 aromatic carbocycles. The van der Waals surface area contributed by atoms with E-state index in [1.165, 1.54) is 17.2 Å². The number of amides is 1. The highest BCUT2D eigenvalue weighted by Crippen LogP contribution is 2.38. The van der Waals surface area contributed by atoms with Gasteiger partial charge >= 0.3 is 12.1 Å². The summed E-state index contributed by atoms with van der Waals surface area (Å²) in [6, 6.07) is 10.6. The summed E-state index contributed by atoms with van der Waals surface area (Å²) in [6.45, 7) is 1.25. The molecule has 3 aromatic rings. The van der Waals surface area contributed by atoms with Crippen molar-refractivity contribution in [2.24, 2.45) is 0 Å². The number of cyclic esters (lactones) is 1. The van der Waals surface area contributed by atoms with Crippen LogP contribution in [-0.2, 0) is 17.6 Å². The first kappa shape index (κ1) is 23.0. The van der Waals surface area contributed by atoms with Crippen LogP contribution in [0.5, 0.6) is 0 Å². The fourth-order valence-electron chi connectivity index (χ4n) is 5.27. The monoisotopic (exact) mass is 502 g/mol.